The average molecular weight is 338 g/mol. The average Bonchev–Trinajstić information content (AvgIpc) is 2.57. The van der Waals surface area contributed by atoms with Gasteiger partial charge in [-0.3, -0.25) is 4.79 Å². The van der Waals surface area contributed by atoms with Crippen LogP contribution in [0.5, 0.6) is 0 Å². The molecule has 0 aromatic heterocycles. The van der Waals surface area contributed by atoms with E-state index in [4.69, 9.17) is 10.2 Å². The molecule has 0 rings (SSSR count). The van der Waals surface area contributed by atoms with Crippen LogP contribution in [0.15, 0.2) is 0 Å². The number of aliphatic hydroxyl groups excluding tert-OH is 6. The second-order valence-electron chi connectivity index (χ2n) is 5.02. The van der Waals surface area contributed by atoms with E-state index < -0.39 is 43.0 Å². The lowest BCUT2D eigenvalue weighted by Crippen LogP contribution is -2.54. The van der Waals surface area contributed by atoms with Crippen molar-refractivity contribution < 1.29 is 40.2 Å². The van der Waals surface area contributed by atoms with Crippen LogP contribution in [0.4, 0.5) is 0 Å². The highest BCUT2D eigenvalue weighted by molar-refractivity contribution is 5.81. The van der Waals surface area contributed by atoms with Gasteiger partial charge >= 0.3 is 0 Å². The van der Waals surface area contributed by atoms with Gasteiger partial charge in [-0.15, -0.1) is 0 Å². The van der Waals surface area contributed by atoms with Gasteiger partial charge in [0.25, 0.3) is 5.91 Å². The lowest BCUT2D eigenvalue weighted by Gasteiger charge is -2.27. The maximum atomic E-state index is 11.6. The van der Waals surface area contributed by atoms with Gasteiger partial charge in [-0.1, -0.05) is 0 Å². The second kappa shape index (κ2) is 12.3. The Labute approximate surface area is 133 Å². The zero-order valence-corrected chi connectivity index (χ0v) is 12.7. The number of amides is 1. The Balaban J connectivity index is 4.09. The number of hydrogen-bond acceptors (Lipinski definition) is 9. The fourth-order valence-corrected chi connectivity index (χ4v) is 1.70. The normalized spacial score (nSPS) is 17.8. The van der Waals surface area contributed by atoms with Crippen LogP contribution in [0.1, 0.15) is 12.8 Å². The van der Waals surface area contributed by atoms with E-state index >= 15 is 0 Å². The standard InChI is InChI=1S/C13H26N2O8/c16-6-2-4-14-3-1-5-15-13(23)12(22)11(21)10(20)9(19)8(18)7-17/h6,8-12,14,17-22H,1-5,7H2,(H,15,23)/t8-,9+,10-,11-,12-/m1/s1. The van der Waals surface area contributed by atoms with Crippen LogP contribution in [0.2, 0.25) is 0 Å². The molecule has 0 aromatic carbocycles. The van der Waals surface area contributed by atoms with Gasteiger partial charge in [0, 0.05) is 19.5 Å². The van der Waals surface area contributed by atoms with Crippen molar-refractivity contribution >= 4 is 12.2 Å². The Morgan fingerprint density at radius 3 is 2.17 bits per heavy atom. The summed E-state index contributed by atoms with van der Waals surface area (Å²) in [6.07, 6.45) is -8.00. The van der Waals surface area contributed by atoms with Crippen LogP contribution in [0.3, 0.4) is 0 Å². The summed E-state index contributed by atoms with van der Waals surface area (Å²) in [4.78, 5) is 21.7. The molecule has 0 unspecified atom stereocenters. The Morgan fingerprint density at radius 1 is 0.957 bits per heavy atom. The van der Waals surface area contributed by atoms with Crippen LogP contribution in [-0.2, 0) is 9.59 Å². The number of aliphatic hydroxyl groups is 6. The highest BCUT2D eigenvalue weighted by Gasteiger charge is 2.36. The van der Waals surface area contributed by atoms with Crippen LogP contribution in [0, 0.1) is 0 Å². The third-order valence-electron chi connectivity index (χ3n) is 3.14. The molecule has 0 spiro atoms. The Bertz CT molecular complexity index is 344. The molecule has 10 heteroatoms. The van der Waals surface area contributed by atoms with E-state index in [1.807, 2.05) is 0 Å². The number of nitrogens with one attached hydrogen (secondary N) is 2. The summed E-state index contributed by atoms with van der Waals surface area (Å²) in [5.41, 5.74) is 0. The van der Waals surface area contributed by atoms with E-state index in [0.717, 1.165) is 6.29 Å². The molecule has 0 aliphatic heterocycles. The first-order valence-corrected chi connectivity index (χ1v) is 7.30. The Morgan fingerprint density at radius 2 is 1.61 bits per heavy atom. The molecule has 5 atom stereocenters. The summed E-state index contributed by atoms with van der Waals surface area (Å²) in [5, 5.41) is 61.2. The predicted molar refractivity (Wildman–Crippen MR) is 78.3 cm³/mol. The van der Waals surface area contributed by atoms with Crippen molar-refractivity contribution in [2.45, 2.75) is 43.4 Å². The van der Waals surface area contributed by atoms with E-state index in [1.54, 1.807) is 0 Å². The SMILES string of the molecule is O=CCCNCCCNC(=O)[C@H](O)[C@H](O)[C@H](O)[C@@H](O)[C@H](O)CO. The molecule has 0 fully saturated rings. The van der Waals surface area contributed by atoms with Crippen molar-refractivity contribution in [3.63, 3.8) is 0 Å². The zero-order valence-electron chi connectivity index (χ0n) is 12.7. The predicted octanol–water partition coefficient (Wildman–Crippen LogP) is -4.53. The quantitative estimate of drug-likeness (QED) is 0.121. The van der Waals surface area contributed by atoms with E-state index in [0.29, 0.717) is 25.9 Å². The van der Waals surface area contributed by atoms with Gasteiger partial charge in [-0.2, -0.15) is 0 Å². The fourth-order valence-electron chi connectivity index (χ4n) is 1.70. The first kappa shape index (κ1) is 21.9. The van der Waals surface area contributed by atoms with E-state index in [9.17, 15) is 30.0 Å². The molecule has 0 saturated heterocycles. The molecule has 0 aliphatic carbocycles. The second-order valence-corrected chi connectivity index (χ2v) is 5.02. The Hall–Kier alpha value is -1.14. The first-order chi connectivity index (χ1) is 10.9. The highest BCUT2D eigenvalue weighted by Crippen LogP contribution is 2.08. The van der Waals surface area contributed by atoms with Crippen LogP contribution in [0.25, 0.3) is 0 Å². The molecule has 0 aliphatic rings. The van der Waals surface area contributed by atoms with Gasteiger partial charge in [0.2, 0.25) is 0 Å². The molecule has 0 heterocycles. The molecule has 0 saturated carbocycles. The van der Waals surface area contributed by atoms with Crippen molar-refractivity contribution in [3.05, 3.63) is 0 Å². The molecule has 8 N–H and O–H groups in total. The number of aldehydes is 1. The lowest BCUT2D eigenvalue weighted by molar-refractivity contribution is -0.156. The summed E-state index contributed by atoms with van der Waals surface area (Å²) in [7, 11) is 0. The van der Waals surface area contributed by atoms with E-state index in [-0.39, 0.29) is 6.54 Å². The van der Waals surface area contributed by atoms with Crippen molar-refractivity contribution in [1.82, 2.24) is 10.6 Å². The van der Waals surface area contributed by atoms with Crippen LogP contribution >= 0.6 is 0 Å². The summed E-state index contributed by atoms with van der Waals surface area (Å²) in [5.74, 6) is -0.949. The molecule has 10 nitrogen and oxygen atoms in total. The number of hydrogen-bond donors (Lipinski definition) is 8. The topological polar surface area (TPSA) is 180 Å². The summed E-state index contributed by atoms with van der Waals surface area (Å²) >= 11 is 0. The van der Waals surface area contributed by atoms with Gasteiger partial charge < -0.3 is 46.1 Å². The van der Waals surface area contributed by atoms with E-state index in [2.05, 4.69) is 10.6 Å². The molecule has 0 aromatic rings. The lowest BCUT2D eigenvalue weighted by atomic mass is 9.99. The minimum Gasteiger partial charge on any atom is -0.394 e. The summed E-state index contributed by atoms with van der Waals surface area (Å²) < 4.78 is 0. The maximum Gasteiger partial charge on any atom is 0.251 e. The van der Waals surface area contributed by atoms with Crippen molar-refractivity contribution in [2.75, 3.05) is 26.2 Å². The third kappa shape index (κ3) is 8.32. The van der Waals surface area contributed by atoms with E-state index in [1.165, 1.54) is 0 Å². The number of rotatable bonds is 13. The van der Waals surface area contributed by atoms with Crippen LogP contribution < -0.4 is 10.6 Å². The van der Waals surface area contributed by atoms with Gasteiger partial charge in [0.05, 0.1) is 6.61 Å². The highest BCUT2D eigenvalue weighted by atomic mass is 16.4. The zero-order chi connectivity index (χ0) is 17.8. The minimum atomic E-state index is -2.03. The van der Waals surface area contributed by atoms with Gasteiger partial charge in [-0.05, 0) is 13.0 Å². The van der Waals surface area contributed by atoms with Crippen molar-refractivity contribution in [1.29, 1.82) is 0 Å². The third-order valence-corrected chi connectivity index (χ3v) is 3.14. The minimum absolute atomic E-state index is 0.189. The van der Waals surface area contributed by atoms with Crippen molar-refractivity contribution in [2.24, 2.45) is 0 Å². The van der Waals surface area contributed by atoms with Gasteiger partial charge in [-0.25, -0.2) is 0 Å². The largest absolute Gasteiger partial charge is 0.394 e. The number of carbonyl (C=O) groups excluding carboxylic acids is 2. The van der Waals surface area contributed by atoms with Crippen LogP contribution in [-0.4, -0.2) is 99.6 Å². The molecular weight excluding hydrogens is 312 g/mol. The monoisotopic (exact) mass is 338 g/mol. The van der Waals surface area contributed by atoms with Crippen molar-refractivity contribution in [3.8, 4) is 0 Å². The molecular formula is C13H26N2O8. The molecule has 0 radical (unpaired) electrons. The molecule has 136 valence electrons. The molecule has 1 amide bonds. The first-order valence-electron chi connectivity index (χ1n) is 7.30. The molecule has 23 heavy (non-hydrogen) atoms. The van der Waals surface area contributed by atoms with Gasteiger partial charge in [0.15, 0.2) is 6.10 Å². The van der Waals surface area contributed by atoms with Gasteiger partial charge in [0.1, 0.15) is 30.7 Å². The molecule has 0 bridgehead atoms. The summed E-state index contributed by atoms with van der Waals surface area (Å²) in [6.45, 7) is 0.395. The number of carbonyl (C=O) groups is 2. The fraction of sp³-hybridized carbons (Fsp3) is 0.846. The smallest absolute Gasteiger partial charge is 0.251 e. The summed E-state index contributed by atoms with van der Waals surface area (Å²) in [6, 6.07) is 0. The Kier molecular flexibility index (Phi) is 11.7. The maximum absolute atomic E-state index is 11.6.